The summed E-state index contributed by atoms with van der Waals surface area (Å²) in [5, 5.41) is 12.8. The molecule has 8 nitrogen and oxygen atoms in total. The summed E-state index contributed by atoms with van der Waals surface area (Å²) in [4.78, 5) is 7.63. The molecule has 0 amide bonds. The molecule has 21 aromatic rings. The largest absolute Gasteiger partial charge is 0.340 e. The minimum atomic E-state index is 0.0927. The summed E-state index contributed by atoms with van der Waals surface area (Å²) in [5.74, 6) is 0.0927. The van der Waals surface area contributed by atoms with Crippen LogP contribution in [0.1, 0.15) is 159 Å². The molecule has 0 N–H and O–H groups in total. The summed E-state index contributed by atoms with van der Waals surface area (Å²) in [6.45, 7) is 9.63. The van der Waals surface area contributed by atoms with E-state index in [1.54, 1.807) is 0 Å². The molecule has 1 aliphatic rings. The molecule has 16 aromatic carbocycles. The van der Waals surface area contributed by atoms with Gasteiger partial charge in [0, 0.05) is 142 Å². The maximum absolute atomic E-state index is 2.86. The average molecular weight is 1680 g/mol. The molecular formula is C121H112N8. The van der Waals surface area contributed by atoms with Crippen LogP contribution in [0.15, 0.2) is 364 Å². The van der Waals surface area contributed by atoms with Crippen LogP contribution in [0.4, 0.5) is 51.2 Å². The van der Waals surface area contributed by atoms with Gasteiger partial charge in [-0.2, -0.15) is 0 Å². The van der Waals surface area contributed by atoms with Gasteiger partial charge in [0.05, 0.1) is 55.2 Å². The number of anilines is 9. The van der Waals surface area contributed by atoms with Crippen LogP contribution in [0.2, 0.25) is 0 Å². The highest BCUT2D eigenvalue weighted by Gasteiger charge is 2.34. The number of fused-ring (bicyclic) bond motifs is 21. The monoisotopic (exact) mass is 1680 g/mol. The summed E-state index contributed by atoms with van der Waals surface area (Å²) in [7, 11) is 0. The molecule has 0 fully saturated rings. The molecule has 1 atom stereocenters. The minimum Gasteiger partial charge on any atom is -0.340 e. The number of rotatable bonds is 33. The number of hydrogen-bond donors (Lipinski definition) is 0. The zero-order valence-corrected chi connectivity index (χ0v) is 74.6. The third-order valence-electron chi connectivity index (χ3n) is 28.0. The van der Waals surface area contributed by atoms with Crippen molar-refractivity contribution in [3.63, 3.8) is 0 Å². The maximum atomic E-state index is 2.86. The number of unbranched alkanes of at least 4 members (excludes halogenated alkanes) is 15. The number of nitrogens with zero attached hydrogens (tertiary/aromatic N) is 8. The van der Waals surface area contributed by atoms with Crippen LogP contribution < -0.4 is 14.7 Å². The number of benzene rings is 16. The van der Waals surface area contributed by atoms with Gasteiger partial charge in [-0.3, -0.25) is 0 Å². The van der Waals surface area contributed by atoms with Gasteiger partial charge >= 0.3 is 0 Å². The van der Waals surface area contributed by atoms with Gasteiger partial charge in [-0.1, -0.05) is 335 Å². The quantitative estimate of drug-likeness (QED) is 0.0385. The van der Waals surface area contributed by atoms with Gasteiger partial charge < -0.3 is 37.5 Å². The van der Waals surface area contributed by atoms with Crippen LogP contribution in [0, 0.1) is 0 Å². The summed E-state index contributed by atoms with van der Waals surface area (Å²) >= 11 is 0. The highest BCUT2D eigenvalue weighted by atomic mass is 15.2. The van der Waals surface area contributed by atoms with E-state index in [-0.39, 0.29) is 5.92 Å². The molecule has 0 spiro atoms. The molecule has 5 heterocycles. The number of para-hydroxylation sites is 7. The summed E-state index contributed by atoms with van der Waals surface area (Å²) in [6.07, 6.45) is 21.4. The third kappa shape index (κ3) is 14.6. The second kappa shape index (κ2) is 35.6. The van der Waals surface area contributed by atoms with Crippen LogP contribution >= 0.6 is 0 Å². The van der Waals surface area contributed by atoms with E-state index in [4.69, 9.17) is 0 Å². The van der Waals surface area contributed by atoms with Crippen molar-refractivity contribution in [2.24, 2.45) is 0 Å². The Morgan fingerprint density at radius 1 is 0.209 bits per heavy atom. The van der Waals surface area contributed by atoms with Gasteiger partial charge in [-0.15, -0.1) is 0 Å². The van der Waals surface area contributed by atoms with Crippen molar-refractivity contribution < 1.29 is 0 Å². The lowest BCUT2D eigenvalue weighted by molar-refractivity contribution is 0.570. The molecular weight excluding hydrogens is 1570 g/mol. The first-order chi connectivity index (χ1) is 64.0. The smallest absolute Gasteiger partial charge is 0.0614 e. The lowest BCUT2D eigenvalue weighted by atomic mass is 9.89. The Labute approximate surface area is 757 Å². The standard InChI is InChI=1S/C121H112N8/c1-4-7-10-13-16-43-76-122-110-80-92(125(86-48-27-20-28-49-86)91-64-70-98-97-58-37-38-61-103(97)115(107(98)79-91)85-46-25-19-26-47-85)67-73-104(110)116-119(122)117-105-74-68-93(126(87-50-29-21-30-51-87)95-65-71-101-99-59-39-41-62-108(99)128(113(101)83-95)89-54-33-23-34-55-89)81-111(105)124(78-45-18-15-12-9-6-3)121(117)118-106-75-69-94(82-112(106)123(120(116)118)77-44-17-14-11-8-5-2)127(88-52-31-22-32-53-88)96-66-72-102-100-60-40-42-63-109(100)129(114(102)84-96)90-56-35-24-36-57-90/h19-42,46-75,79-84,115H,4-18,43-45,76-78H2,1-3H3. The Hall–Kier alpha value is -14.1. The van der Waals surface area contributed by atoms with Crippen molar-refractivity contribution in [1.29, 1.82) is 0 Å². The SMILES string of the molecule is CCCCCCCCn1c2cc(N(c3ccccc3)c3ccc4c(c3)C(c3ccccc3)c3ccccc3-4)ccc2c2c1c1c3ccc(N(c4ccccc4)c4ccc5c6ccccc6n(-c6ccccc6)c5c4)cc3n(CCCCCCCC)c1c1c3ccc(N(c4ccccc4)c4ccc5c6ccccc6n(-c6ccccc6)c5c4)cc3n(CCCCCCCC)c21. The van der Waals surface area contributed by atoms with Crippen molar-refractivity contribution in [1.82, 2.24) is 22.8 Å². The fraction of sp³-hybridized carbons (Fsp3) is 0.207. The second-order valence-corrected chi connectivity index (χ2v) is 36.0. The second-order valence-electron chi connectivity index (χ2n) is 36.0. The van der Waals surface area contributed by atoms with Crippen molar-refractivity contribution in [3.05, 3.63) is 381 Å². The summed E-state index contributed by atoms with van der Waals surface area (Å²) in [5.41, 5.74) is 31.5. The number of aromatic nitrogens is 5. The van der Waals surface area contributed by atoms with E-state index in [9.17, 15) is 0 Å². The zero-order chi connectivity index (χ0) is 86.3. The number of hydrogen-bond acceptors (Lipinski definition) is 3. The Morgan fingerprint density at radius 2 is 0.496 bits per heavy atom. The van der Waals surface area contributed by atoms with E-state index < -0.39 is 0 Å². The molecule has 1 aliphatic carbocycles. The van der Waals surface area contributed by atoms with Crippen LogP contribution in [0.5, 0.6) is 0 Å². The molecule has 0 radical (unpaired) electrons. The first-order valence-corrected chi connectivity index (χ1v) is 48.0. The molecule has 8 heteroatoms. The molecule has 0 saturated carbocycles. The van der Waals surface area contributed by atoms with Gasteiger partial charge in [-0.05, 0) is 193 Å². The summed E-state index contributed by atoms with van der Waals surface area (Å²) in [6, 6.07) is 138. The topological polar surface area (TPSA) is 34.4 Å². The normalized spacial score (nSPS) is 12.7. The molecule has 0 aliphatic heterocycles. The Kier molecular flexibility index (Phi) is 22.3. The third-order valence-corrected chi connectivity index (χ3v) is 28.0. The Bertz CT molecular complexity index is 7430. The molecule has 129 heavy (non-hydrogen) atoms. The lowest BCUT2D eigenvalue weighted by Gasteiger charge is -2.27. The van der Waals surface area contributed by atoms with Crippen molar-refractivity contribution >= 4 is 160 Å². The van der Waals surface area contributed by atoms with E-state index in [0.29, 0.717) is 0 Å². The van der Waals surface area contributed by atoms with E-state index in [2.05, 4.69) is 422 Å². The highest BCUT2D eigenvalue weighted by Crippen LogP contribution is 2.55. The van der Waals surface area contributed by atoms with E-state index in [0.717, 1.165) is 121 Å². The fourth-order valence-corrected chi connectivity index (χ4v) is 22.1. The lowest BCUT2D eigenvalue weighted by Crippen LogP contribution is -2.11. The van der Waals surface area contributed by atoms with Gasteiger partial charge in [0.15, 0.2) is 0 Å². The van der Waals surface area contributed by atoms with E-state index >= 15 is 0 Å². The maximum Gasteiger partial charge on any atom is 0.0614 e. The molecule has 22 rings (SSSR count). The summed E-state index contributed by atoms with van der Waals surface area (Å²) < 4.78 is 13.5. The van der Waals surface area contributed by atoms with Gasteiger partial charge in [0.1, 0.15) is 0 Å². The minimum absolute atomic E-state index is 0.0927. The Balaban J connectivity index is 0.842. The van der Waals surface area contributed by atoms with Gasteiger partial charge in [0.25, 0.3) is 0 Å². The van der Waals surface area contributed by atoms with Crippen molar-refractivity contribution in [3.8, 4) is 22.5 Å². The molecule has 1 unspecified atom stereocenters. The Morgan fingerprint density at radius 3 is 0.884 bits per heavy atom. The van der Waals surface area contributed by atoms with Gasteiger partial charge in [-0.25, -0.2) is 0 Å². The molecule has 5 aromatic heterocycles. The zero-order valence-electron chi connectivity index (χ0n) is 74.6. The van der Waals surface area contributed by atoms with E-state index in [1.165, 1.54) is 214 Å². The van der Waals surface area contributed by atoms with Crippen LogP contribution in [0.3, 0.4) is 0 Å². The first kappa shape index (κ1) is 80.7. The van der Waals surface area contributed by atoms with Crippen molar-refractivity contribution in [2.45, 2.75) is 162 Å². The fourth-order valence-electron chi connectivity index (χ4n) is 22.1. The van der Waals surface area contributed by atoms with Crippen LogP contribution in [-0.4, -0.2) is 22.8 Å². The molecule has 0 saturated heterocycles. The first-order valence-electron chi connectivity index (χ1n) is 48.0. The van der Waals surface area contributed by atoms with Crippen molar-refractivity contribution in [2.75, 3.05) is 14.7 Å². The molecule has 636 valence electrons. The van der Waals surface area contributed by atoms with Crippen LogP contribution in [0.25, 0.3) is 132 Å². The van der Waals surface area contributed by atoms with Crippen LogP contribution in [-0.2, 0) is 19.6 Å². The number of aryl methyl sites for hydroxylation is 3. The average Bonchev–Trinajstić information content (AvgIpc) is 1.51. The highest BCUT2D eigenvalue weighted by molar-refractivity contribution is 6.40. The predicted octanol–water partition coefficient (Wildman–Crippen LogP) is 34.9. The molecule has 0 bridgehead atoms. The van der Waals surface area contributed by atoms with Gasteiger partial charge in [0.2, 0.25) is 0 Å². The predicted molar refractivity (Wildman–Crippen MR) is 551 cm³/mol. The van der Waals surface area contributed by atoms with E-state index in [1.807, 2.05) is 0 Å².